The number of carbonyl (C=O) groups is 2. The maximum Gasteiger partial charge on any atom is 0.303 e. The van der Waals surface area contributed by atoms with Crippen molar-refractivity contribution < 1.29 is 19.4 Å². The molecule has 1 saturated heterocycles. The van der Waals surface area contributed by atoms with E-state index in [0.29, 0.717) is 6.61 Å². The first-order chi connectivity index (χ1) is 7.85. The van der Waals surface area contributed by atoms with Crippen molar-refractivity contribution in [2.24, 2.45) is 5.73 Å². The molecule has 0 aromatic heterocycles. The van der Waals surface area contributed by atoms with Gasteiger partial charge in [-0.2, -0.15) is 0 Å². The lowest BCUT2D eigenvalue weighted by Crippen LogP contribution is -2.55. The van der Waals surface area contributed by atoms with Crippen LogP contribution in [0, 0.1) is 0 Å². The molecule has 1 fully saturated rings. The molecule has 0 bridgehead atoms. The van der Waals surface area contributed by atoms with E-state index in [-0.39, 0.29) is 24.9 Å². The molecule has 3 atom stereocenters. The smallest absolute Gasteiger partial charge is 0.303 e. The number of hydrogen-bond donors (Lipinski definition) is 3. The zero-order chi connectivity index (χ0) is 13.1. The van der Waals surface area contributed by atoms with Gasteiger partial charge in [0, 0.05) is 13.0 Å². The molecule has 0 spiro atoms. The third-order valence-electron chi connectivity index (χ3n) is 3.30. The van der Waals surface area contributed by atoms with Crippen LogP contribution in [0.2, 0.25) is 0 Å². The third-order valence-corrected chi connectivity index (χ3v) is 3.30. The molecule has 1 rings (SSSR count). The summed E-state index contributed by atoms with van der Waals surface area (Å²) >= 11 is 0. The van der Waals surface area contributed by atoms with E-state index in [4.69, 9.17) is 15.6 Å². The summed E-state index contributed by atoms with van der Waals surface area (Å²) in [4.78, 5) is 22.2. The highest BCUT2D eigenvalue weighted by Gasteiger charge is 2.39. The monoisotopic (exact) mass is 244 g/mol. The number of amides is 1. The average molecular weight is 244 g/mol. The van der Waals surface area contributed by atoms with Crippen molar-refractivity contribution in [3.05, 3.63) is 0 Å². The number of carboxylic acid groups (broad SMARTS) is 1. The summed E-state index contributed by atoms with van der Waals surface area (Å²) < 4.78 is 5.40. The van der Waals surface area contributed by atoms with Crippen molar-refractivity contribution in [2.75, 3.05) is 6.61 Å². The minimum atomic E-state index is -0.947. The predicted molar refractivity (Wildman–Crippen MR) is 61.4 cm³/mol. The highest BCUT2D eigenvalue weighted by atomic mass is 16.5. The molecule has 17 heavy (non-hydrogen) atoms. The molecule has 0 saturated carbocycles. The number of nitrogens with one attached hydrogen (secondary N) is 1. The van der Waals surface area contributed by atoms with E-state index in [1.54, 1.807) is 0 Å². The van der Waals surface area contributed by atoms with Crippen LogP contribution in [0.25, 0.3) is 0 Å². The second-order valence-electron chi connectivity index (χ2n) is 4.71. The van der Waals surface area contributed by atoms with E-state index < -0.39 is 17.6 Å². The molecule has 3 unspecified atom stereocenters. The Morgan fingerprint density at radius 2 is 2.29 bits per heavy atom. The van der Waals surface area contributed by atoms with Crippen molar-refractivity contribution in [1.29, 1.82) is 0 Å². The number of rotatable bonds is 5. The summed E-state index contributed by atoms with van der Waals surface area (Å²) in [6.07, 6.45) is 0.730. The van der Waals surface area contributed by atoms with Crippen molar-refractivity contribution in [3.8, 4) is 0 Å². The Morgan fingerprint density at radius 3 is 2.76 bits per heavy atom. The van der Waals surface area contributed by atoms with Crippen LogP contribution in [-0.2, 0) is 14.3 Å². The molecule has 6 nitrogen and oxygen atoms in total. The quantitative estimate of drug-likeness (QED) is 0.625. The van der Waals surface area contributed by atoms with Gasteiger partial charge in [-0.25, -0.2) is 0 Å². The number of carbonyl (C=O) groups excluding carboxylic acids is 1. The minimum absolute atomic E-state index is 0.0573. The summed E-state index contributed by atoms with van der Waals surface area (Å²) in [5.74, 6) is -1.26. The van der Waals surface area contributed by atoms with Gasteiger partial charge in [0.15, 0.2) is 0 Å². The Labute approximate surface area is 101 Å². The molecule has 4 N–H and O–H groups in total. The van der Waals surface area contributed by atoms with E-state index in [1.807, 2.05) is 13.8 Å². The van der Waals surface area contributed by atoms with Crippen molar-refractivity contribution in [1.82, 2.24) is 5.32 Å². The molecule has 0 radical (unpaired) electrons. The lowest BCUT2D eigenvalue weighted by Gasteiger charge is -2.30. The summed E-state index contributed by atoms with van der Waals surface area (Å²) in [5.41, 5.74) is 5.23. The maximum atomic E-state index is 11.8. The van der Waals surface area contributed by atoms with Gasteiger partial charge in [0.2, 0.25) is 5.91 Å². The van der Waals surface area contributed by atoms with Gasteiger partial charge in [-0.05, 0) is 26.7 Å². The van der Waals surface area contributed by atoms with Crippen LogP contribution in [0.15, 0.2) is 0 Å². The Bertz CT molecular complexity index is 308. The zero-order valence-electron chi connectivity index (χ0n) is 10.2. The number of carboxylic acids is 1. The molecule has 0 aromatic carbocycles. The van der Waals surface area contributed by atoms with Gasteiger partial charge < -0.3 is 20.9 Å². The lowest BCUT2D eigenvalue weighted by molar-refractivity contribution is -0.137. The van der Waals surface area contributed by atoms with Crippen LogP contribution in [0.5, 0.6) is 0 Å². The van der Waals surface area contributed by atoms with Crippen LogP contribution in [-0.4, -0.2) is 41.3 Å². The fourth-order valence-corrected chi connectivity index (χ4v) is 1.78. The topological polar surface area (TPSA) is 102 Å². The molecular formula is C11H20N2O4. The van der Waals surface area contributed by atoms with Gasteiger partial charge in [0.05, 0.1) is 17.7 Å². The van der Waals surface area contributed by atoms with Gasteiger partial charge in [0.25, 0.3) is 0 Å². The van der Waals surface area contributed by atoms with Crippen molar-refractivity contribution in [3.63, 3.8) is 0 Å². The molecule has 0 aromatic rings. The number of hydrogen-bond acceptors (Lipinski definition) is 4. The van der Waals surface area contributed by atoms with E-state index in [0.717, 1.165) is 6.42 Å². The Morgan fingerprint density at radius 1 is 1.65 bits per heavy atom. The van der Waals surface area contributed by atoms with Crippen molar-refractivity contribution in [2.45, 2.75) is 50.8 Å². The molecule has 1 heterocycles. The predicted octanol–water partition coefficient (Wildman–Crippen LogP) is -0.138. The summed E-state index contributed by atoms with van der Waals surface area (Å²) in [6.45, 7) is 4.42. The summed E-state index contributed by atoms with van der Waals surface area (Å²) in [7, 11) is 0. The molecule has 0 aliphatic carbocycles. The number of ether oxygens (including phenoxy) is 1. The Kier molecular flexibility index (Phi) is 4.47. The van der Waals surface area contributed by atoms with E-state index in [9.17, 15) is 9.59 Å². The zero-order valence-corrected chi connectivity index (χ0v) is 10.2. The summed E-state index contributed by atoms with van der Waals surface area (Å²) in [5, 5.41) is 11.4. The molecule has 6 heteroatoms. The second-order valence-corrected chi connectivity index (χ2v) is 4.71. The molecular weight excluding hydrogens is 224 g/mol. The third kappa shape index (κ3) is 3.67. The van der Waals surface area contributed by atoms with Crippen LogP contribution >= 0.6 is 0 Å². The first kappa shape index (κ1) is 13.9. The normalized spacial score (nSPS) is 29.9. The average Bonchev–Trinajstić information content (AvgIpc) is 2.55. The van der Waals surface area contributed by atoms with Gasteiger partial charge in [0.1, 0.15) is 0 Å². The fraction of sp³-hybridized carbons (Fsp3) is 0.818. The fourth-order valence-electron chi connectivity index (χ4n) is 1.78. The Hall–Kier alpha value is -1.14. The van der Waals surface area contributed by atoms with E-state index in [2.05, 4.69) is 5.32 Å². The first-order valence-electron chi connectivity index (χ1n) is 5.76. The lowest BCUT2D eigenvalue weighted by atomic mass is 9.94. The van der Waals surface area contributed by atoms with Crippen LogP contribution in [0.3, 0.4) is 0 Å². The van der Waals surface area contributed by atoms with E-state index >= 15 is 0 Å². The van der Waals surface area contributed by atoms with Crippen LogP contribution in [0.4, 0.5) is 0 Å². The number of aliphatic carboxylic acids is 1. The second kappa shape index (κ2) is 5.46. The maximum absolute atomic E-state index is 11.8. The van der Waals surface area contributed by atoms with Crippen molar-refractivity contribution >= 4 is 11.9 Å². The minimum Gasteiger partial charge on any atom is -0.481 e. The molecule has 1 aliphatic heterocycles. The highest BCUT2D eigenvalue weighted by Crippen LogP contribution is 2.25. The van der Waals surface area contributed by atoms with Crippen LogP contribution in [0.1, 0.15) is 33.1 Å². The van der Waals surface area contributed by atoms with Gasteiger partial charge in [-0.15, -0.1) is 0 Å². The Balaban J connectivity index is 2.45. The van der Waals surface area contributed by atoms with Gasteiger partial charge >= 0.3 is 5.97 Å². The first-order valence-corrected chi connectivity index (χ1v) is 5.76. The SMILES string of the molecule is CC1OCCC1(C)NC(=O)C(N)CCC(=O)O. The molecule has 1 amide bonds. The largest absolute Gasteiger partial charge is 0.481 e. The van der Waals surface area contributed by atoms with Gasteiger partial charge in [-0.1, -0.05) is 0 Å². The number of nitrogens with two attached hydrogens (primary N) is 1. The van der Waals surface area contributed by atoms with Crippen LogP contribution < -0.4 is 11.1 Å². The highest BCUT2D eigenvalue weighted by molar-refractivity contribution is 5.82. The van der Waals surface area contributed by atoms with Gasteiger partial charge in [-0.3, -0.25) is 9.59 Å². The van der Waals surface area contributed by atoms with E-state index in [1.165, 1.54) is 0 Å². The standard InChI is InChI=1S/C11H20N2O4/c1-7-11(2,5-6-17-7)13-10(16)8(12)3-4-9(14)15/h7-8H,3-6,12H2,1-2H3,(H,13,16)(H,14,15). The molecule has 1 aliphatic rings. The molecule has 98 valence electrons. The summed E-state index contributed by atoms with van der Waals surface area (Å²) in [6, 6.07) is -0.782.